The molecule has 0 atom stereocenters. The minimum atomic E-state index is -3.70. The number of Topliss-reactive ketones (excluding diaryl/α,β-unsaturated/α-hetero) is 1. The van der Waals surface area contributed by atoms with E-state index >= 15 is 0 Å². The van der Waals surface area contributed by atoms with Gasteiger partial charge in [0.2, 0.25) is 10.0 Å². The Bertz CT molecular complexity index is 709. The zero-order chi connectivity index (χ0) is 14.6. The number of carbonyl (C=O) groups excluding carboxylic acids is 1. The van der Waals surface area contributed by atoms with Crippen molar-refractivity contribution in [3.05, 3.63) is 65.7 Å². The molecule has 5 heteroatoms. The maximum Gasteiger partial charge on any atom is 0.240 e. The number of benzene rings is 2. The number of nitrogens with one attached hydrogen (secondary N) is 1. The van der Waals surface area contributed by atoms with E-state index in [9.17, 15) is 13.2 Å². The summed E-state index contributed by atoms with van der Waals surface area (Å²) in [5.41, 5.74) is 1.80. The average molecular weight is 289 g/mol. The lowest BCUT2D eigenvalue weighted by Gasteiger charge is -2.08. The van der Waals surface area contributed by atoms with Gasteiger partial charge in [0, 0.05) is 11.3 Å². The molecule has 0 aromatic heterocycles. The SMILES string of the molecule is Cc1cccc(NS(=O)(=O)CC(=O)c2ccccc2)c1. The zero-order valence-electron chi connectivity index (χ0n) is 11.0. The van der Waals surface area contributed by atoms with Crippen LogP contribution in [0.1, 0.15) is 15.9 Å². The quantitative estimate of drug-likeness (QED) is 0.861. The lowest BCUT2D eigenvalue weighted by Crippen LogP contribution is -2.22. The molecule has 0 unspecified atom stereocenters. The molecule has 0 saturated carbocycles. The fourth-order valence-electron chi connectivity index (χ4n) is 1.80. The van der Waals surface area contributed by atoms with Gasteiger partial charge in [-0.05, 0) is 24.6 Å². The smallest absolute Gasteiger partial charge is 0.240 e. The number of hydrogen-bond acceptors (Lipinski definition) is 3. The maximum atomic E-state index is 12.0. The lowest BCUT2D eigenvalue weighted by molar-refractivity contribution is 0.102. The first kappa shape index (κ1) is 14.3. The van der Waals surface area contributed by atoms with Gasteiger partial charge in [-0.3, -0.25) is 9.52 Å². The van der Waals surface area contributed by atoms with E-state index in [1.54, 1.807) is 48.5 Å². The Kier molecular flexibility index (Phi) is 4.20. The summed E-state index contributed by atoms with van der Waals surface area (Å²) in [6, 6.07) is 15.4. The molecule has 2 aromatic rings. The Balaban J connectivity index is 2.10. The van der Waals surface area contributed by atoms with E-state index in [1.165, 1.54) is 0 Å². The van der Waals surface area contributed by atoms with Crippen molar-refractivity contribution in [1.82, 2.24) is 0 Å². The van der Waals surface area contributed by atoms with E-state index in [0.717, 1.165) is 5.56 Å². The van der Waals surface area contributed by atoms with E-state index in [1.807, 2.05) is 13.0 Å². The van der Waals surface area contributed by atoms with Crippen molar-refractivity contribution in [1.29, 1.82) is 0 Å². The summed E-state index contributed by atoms with van der Waals surface area (Å²) in [5.74, 6) is -0.990. The number of sulfonamides is 1. The zero-order valence-corrected chi connectivity index (χ0v) is 11.9. The molecule has 0 fully saturated rings. The minimum absolute atomic E-state index is 0.391. The number of anilines is 1. The third kappa shape index (κ3) is 3.93. The summed E-state index contributed by atoms with van der Waals surface area (Å²) in [6.07, 6.45) is 0. The van der Waals surface area contributed by atoms with Crippen molar-refractivity contribution in [2.24, 2.45) is 0 Å². The van der Waals surface area contributed by atoms with Crippen molar-refractivity contribution >= 4 is 21.5 Å². The minimum Gasteiger partial charge on any atom is -0.293 e. The van der Waals surface area contributed by atoms with Crippen molar-refractivity contribution < 1.29 is 13.2 Å². The van der Waals surface area contributed by atoms with Crippen molar-refractivity contribution in [2.75, 3.05) is 10.5 Å². The summed E-state index contributed by atoms with van der Waals surface area (Å²) in [6.45, 7) is 1.87. The second-order valence-corrected chi connectivity index (χ2v) is 6.24. The molecule has 2 aromatic carbocycles. The van der Waals surface area contributed by atoms with Crippen LogP contribution in [0.25, 0.3) is 0 Å². The van der Waals surface area contributed by atoms with Crippen LogP contribution in [0.15, 0.2) is 54.6 Å². The van der Waals surface area contributed by atoms with Gasteiger partial charge >= 0.3 is 0 Å². The Labute approximate surface area is 118 Å². The molecular formula is C15H15NO3S. The predicted octanol–water partition coefficient (Wildman–Crippen LogP) is 2.62. The number of aryl methyl sites for hydroxylation is 1. The van der Waals surface area contributed by atoms with Gasteiger partial charge in [0.05, 0.1) is 0 Å². The monoisotopic (exact) mass is 289 g/mol. The van der Waals surface area contributed by atoms with Crippen LogP contribution in [0.2, 0.25) is 0 Å². The van der Waals surface area contributed by atoms with E-state index in [-0.39, 0.29) is 0 Å². The molecule has 0 aliphatic heterocycles. The Hall–Kier alpha value is -2.14. The first-order valence-corrected chi connectivity index (χ1v) is 7.77. The molecule has 0 amide bonds. The van der Waals surface area contributed by atoms with Gasteiger partial charge in [-0.25, -0.2) is 8.42 Å². The lowest BCUT2D eigenvalue weighted by atomic mass is 10.2. The summed E-state index contributed by atoms with van der Waals surface area (Å²) >= 11 is 0. The molecule has 104 valence electrons. The van der Waals surface area contributed by atoms with Gasteiger partial charge in [-0.1, -0.05) is 42.5 Å². The molecule has 0 spiro atoms. The molecule has 20 heavy (non-hydrogen) atoms. The van der Waals surface area contributed by atoms with E-state index in [2.05, 4.69) is 4.72 Å². The van der Waals surface area contributed by atoms with Gasteiger partial charge in [-0.15, -0.1) is 0 Å². The van der Waals surface area contributed by atoms with E-state index in [4.69, 9.17) is 0 Å². The van der Waals surface area contributed by atoms with Crippen LogP contribution in [-0.4, -0.2) is 20.0 Å². The fourth-order valence-corrected chi connectivity index (χ4v) is 2.87. The number of ketones is 1. The predicted molar refractivity (Wildman–Crippen MR) is 79.4 cm³/mol. The van der Waals surface area contributed by atoms with Crippen LogP contribution >= 0.6 is 0 Å². The van der Waals surface area contributed by atoms with Crippen LogP contribution in [0.4, 0.5) is 5.69 Å². The Morgan fingerprint density at radius 1 is 1.05 bits per heavy atom. The molecule has 0 radical (unpaired) electrons. The van der Waals surface area contributed by atoms with Crippen LogP contribution in [0, 0.1) is 6.92 Å². The number of rotatable bonds is 5. The summed E-state index contributed by atoms with van der Waals surface area (Å²) < 4.78 is 26.3. The van der Waals surface area contributed by atoms with Gasteiger partial charge < -0.3 is 0 Å². The Morgan fingerprint density at radius 2 is 1.75 bits per heavy atom. The molecule has 2 rings (SSSR count). The summed E-state index contributed by atoms with van der Waals surface area (Å²) in [5, 5.41) is 0. The number of carbonyl (C=O) groups is 1. The fraction of sp³-hybridized carbons (Fsp3) is 0.133. The molecule has 0 aliphatic rings. The van der Waals surface area contributed by atoms with Crippen molar-refractivity contribution in [3.8, 4) is 0 Å². The standard InChI is InChI=1S/C15H15NO3S/c1-12-6-5-9-14(10-12)16-20(18,19)11-15(17)13-7-3-2-4-8-13/h2-10,16H,11H2,1H3. The first-order chi connectivity index (χ1) is 9.46. The number of hydrogen-bond donors (Lipinski definition) is 1. The van der Waals surface area contributed by atoms with Crippen LogP contribution in [0.3, 0.4) is 0 Å². The van der Waals surface area contributed by atoms with Crippen LogP contribution in [-0.2, 0) is 10.0 Å². The third-order valence-corrected chi connectivity index (χ3v) is 3.90. The van der Waals surface area contributed by atoms with Gasteiger partial charge in [0.15, 0.2) is 5.78 Å². The largest absolute Gasteiger partial charge is 0.293 e. The highest BCUT2D eigenvalue weighted by Crippen LogP contribution is 2.12. The molecule has 0 aliphatic carbocycles. The van der Waals surface area contributed by atoms with Gasteiger partial charge in [0.25, 0.3) is 0 Å². The molecule has 4 nitrogen and oxygen atoms in total. The van der Waals surface area contributed by atoms with Crippen LogP contribution in [0.5, 0.6) is 0 Å². The van der Waals surface area contributed by atoms with E-state index in [0.29, 0.717) is 11.3 Å². The molecule has 0 bridgehead atoms. The maximum absolute atomic E-state index is 12.0. The summed E-state index contributed by atoms with van der Waals surface area (Å²) in [4.78, 5) is 11.9. The molecule has 0 heterocycles. The highest BCUT2D eigenvalue weighted by Gasteiger charge is 2.17. The van der Waals surface area contributed by atoms with E-state index < -0.39 is 21.6 Å². The molecule has 0 saturated heterocycles. The normalized spacial score (nSPS) is 11.1. The van der Waals surface area contributed by atoms with Gasteiger partial charge in [0.1, 0.15) is 5.75 Å². The second kappa shape index (κ2) is 5.88. The average Bonchev–Trinajstić information content (AvgIpc) is 2.38. The van der Waals surface area contributed by atoms with Crippen molar-refractivity contribution in [3.63, 3.8) is 0 Å². The summed E-state index contributed by atoms with van der Waals surface area (Å²) in [7, 11) is -3.70. The highest BCUT2D eigenvalue weighted by atomic mass is 32.2. The second-order valence-electron chi connectivity index (χ2n) is 4.52. The highest BCUT2D eigenvalue weighted by molar-refractivity contribution is 7.93. The topological polar surface area (TPSA) is 63.2 Å². The van der Waals surface area contributed by atoms with Crippen molar-refractivity contribution in [2.45, 2.75) is 6.92 Å². The Morgan fingerprint density at radius 3 is 2.40 bits per heavy atom. The third-order valence-electron chi connectivity index (χ3n) is 2.71. The van der Waals surface area contributed by atoms with Gasteiger partial charge in [-0.2, -0.15) is 0 Å². The molecular weight excluding hydrogens is 274 g/mol. The van der Waals surface area contributed by atoms with Crippen LogP contribution < -0.4 is 4.72 Å². The first-order valence-electron chi connectivity index (χ1n) is 6.12. The molecule has 1 N–H and O–H groups in total.